The van der Waals surface area contributed by atoms with Crippen LogP contribution in [0.4, 0.5) is 0 Å². The fourth-order valence-corrected chi connectivity index (χ4v) is 2.46. The molecule has 0 saturated heterocycles. The SMILES string of the molecule is CCOC(=O)C(Cc1ccc(C#N)cc1)N[S@@](=O)C(C)(C)C. The van der Waals surface area contributed by atoms with E-state index in [4.69, 9.17) is 10.00 Å². The number of carbonyl (C=O) groups is 1. The van der Waals surface area contributed by atoms with Crippen LogP contribution in [0.15, 0.2) is 24.3 Å². The molecular formula is C16H22N2O3S. The summed E-state index contributed by atoms with van der Waals surface area (Å²) in [5.74, 6) is -0.426. The quantitative estimate of drug-likeness (QED) is 0.813. The maximum Gasteiger partial charge on any atom is 0.324 e. The third-order valence-electron chi connectivity index (χ3n) is 2.90. The molecule has 6 heteroatoms. The Labute approximate surface area is 134 Å². The van der Waals surface area contributed by atoms with E-state index in [1.165, 1.54) is 0 Å². The van der Waals surface area contributed by atoms with Crippen molar-refractivity contribution in [1.29, 1.82) is 5.26 Å². The molecule has 0 aliphatic rings. The van der Waals surface area contributed by atoms with Crippen LogP contribution in [-0.4, -0.2) is 27.6 Å². The minimum atomic E-state index is -1.37. The molecule has 1 N–H and O–H groups in total. The molecule has 0 bridgehead atoms. The molecule has 0 amide bonds. The summed E-state index contributed by atoms with van der Waals surface area (Å²) in [6, 6.07) is 8.31. The average molecular weight is 322 g/mol. The summed E-state index contributed by atoms with van der Waals surface area (Å²) in [5.41, 5.74) is 1.43. The molecule has 0 spiro atoms. The zero-order chi connectivity index (χ0) is 16.8. The zero-order valence-electron chi connectivity index (χ0n) is 13.4. The molecule has 0 aromatic heterocycles. The Hall–Kier alpha value is -1.71. The van der Waals surface area contributed by atoms with Crippen molar-refractivity contribution in [3.05, 3.63) is 35.4 Å². The molecule has 0 heterocycles. The summed E-state index contributed by atoms with van der Waals surface area (Å²) < 4.78 is 19.6. The Morgan fingerprint density at radius 1 is 1.36 bits per heavy atom. The highest BCUT2D eigenvalue weighted by molar-refractivity contribution is 7.84. The molecule has 2 atom stereocenters. The van der Waals surface area contributed by atoms with E-state index in [0.717, 1.165) is 5.56 Å². The Morgan fingerprint density at radius 2 is 1.95 bits per heavy atom. The van der Waals surface area contributed by atoms with Crippen LogP contribution in [0.1, 0.15) is 38.8 Å². The van der Waals surface area contributed by atoms with E-state index in [1.807, 2.05) is 26.8 Å². The van der Waals surface area contributed by atoms with Gasteiger partial charge in [0.2, 0.25) is 0 Å². The highest BCUT2D eigenvalue weighted by Gasteiger charge is 2.27. The van der Waals surface area contributed by atoms with Crippen molar-refractivity contribution in [3.8, 4) is 6.07 Å². The first-order valence-electron chi connectivity index (χ1n) is 7.11. The summed E-state index contributed by atoms with van der Waals surface area (Å²) in [6.07, 6.45) is 0.354. The summed E-state index contributed by atoms with van der Waals surface area (Å²) in [7, 11) is -1.37. The Balaban J connectivity index is 2.88. The van der Waals surface area contributed by atoms with E-state index in [9.17, 15) is 9.00 Å². The highest BCUT2D eigenvalue weighted by atomic mass is 32.2. The molecule has 120 valence electrons. The number of hydrogen-bond acceptors (Lipinski definition) is 4. The summed E-state index contributed by atoms with van der Waals surface area (Å²) in [5, 5.41) is 8.80. The van der Waals surface area contributed by atoms with Gasteiger partial charge in [0.15, 0.2) is 0 Å². The topological polar surface area (TPSA) is 79.2 Å². The first-order chi connectivity index (χ1) is 10.3. The van der Waals surface area contributed by atoms with Gasteiger partial charge in [0.25, 0.3) is 0 Å². The number of nitrogens with one attached hydrogen (secondary N) is 1. The lowest BCUT2D eigenvalue weighted by Gasteiger charge is -2.23. The van der Waals surface area contributed by atoms with Crippen molar-refractivity contribution in [2.24, 2.45) is 0 Å². The first-order valence-corrected chi connectivity index (χ1v) is 8.26. The minimum absolute atomic E-state index is 0.270. The molecule has 1 rings (SSSR count). The van der Waals surface area contributed by atoms with Gasteiger partial charge in [-0.15, -0.1) is 0 Å². The molecule has 5 nitrogen and oxygen atoms in total. The highest BCUT2D eigenvalue weighted by Crippen LogP contribution is 2.13. The number of hydrogen-bond donors (Lipinski definition) is 1. The van der Waals surface area contributed by atoms with Gasteiger partial charge < -0.3 is 4.74 Å². The zero-order valence-corrected chi connectivity index (χ0v) is 14.2. The Morgan fingerprint density at radius 3 is 2.41 bits per heavy atom. The second-order valence-corrected chi connectivity index (χ2v) is 7.81. The van der Waals surface area contributed by atoms with Crippen LogP contribution in [0.2, 0.25) is 0 Å². The van der Waals surface area contributed by atoms with Gasteiger partial charge in [0.1, 0.15) is 6.04 Å². The van der Waals surface area contributed by atoms with E-state index in [0.29, 0.717) is 12.0 Å². The van der Waals surface area contributed by atoms with Crippen molar-refractivity contribution in [2.45, 2.75) is 44.9 Å². The summed E-state index contributed by atoms with van der Waals surface area (Å²) in [6.45, 7) is 7.50. The van der Waals surface area contributed by atoms with Crippen molar-refractivity contribution in [3.63, 3.8) is 0 Å². The molecule has 22 heavy (non-hydrogen) atoms. The lowest BCUT2D eigenvalue weighted by molar-refractivity contribution is -0.145. The van der Waals surface area contributed by atoms with Crippen molar-refractivity contribution in [2.75, 3.05) is 6.61 Å². The lowest BCUT2D eigenvalue weighted by atomic mass is 10.1. The molecule has 0 aliphatic heterocycles. The van der Waals surface area contributed by atoms with Crippen LogP contribution in [-0.2, 0) is 26.9 Å². The number of ether oxygens (including phenoxy) is 1. The van der Waals surface area contributed by atoms with Crippen LogP contribution < -0.4 is 4.72 Å². The number of nitrogens with zero attached hydrogens (tertiary/aromatic N) is 1. The van der Waals surface area contributed by atoms with E-state index in [1.54, 1.807) is 31.2 Å². The fraction of sp³-hybridized carbons (Fsp3) is 0.500. The van der Waals surface area contributed by atoms with Crippen LogP contribution in [0, 0.1) is 11.3 Å². The largest absolute Gasteiger partial charge is 0.465 e. The predicted octanol–water partition coefficient (Wildman–Crippen LogP) is 2.08. The Bertz CT molecular complexity index is 571. The molecule has 1 aromatic rings. The van der Waals surface area contributed by atoms with Gasteiger partial charge in [-0.1, -0.05) is 12.1 Å². The molecule has 1 unspecified atom stereocenters. The second kappa shape index (κ2) is 8.06. The van der Waals surface area contributed by atoms with Gasteiger partial charge in [-0.2, -0.15) is 5.26 Å². The molecule has 0 radical (unpaired) electrons. The predicted molar refractivity (Wildman–Crippen MR) is 86.3 cm³/mol. The molecular weight excluding hydrogens is 300 g/mol. The third-order valence-corrected chi connectivity index (χ3v) is 4.51. The smallest absolute Gasteiger partial charge is 0.324 e. The van der Waals surface area contributed by atoms with Gasteiger partial charge in [-0.3, -0.25) is 4.79 Å². The number of rotatable bonds is 6. The summed E-state index contributed by atoms with van der Waals surface area (Å²) in [4.78, 5) is 12.1. The Kier molecular flexibility index (Phi) is 6.72. The summed E-state index contributed by atoms with van der Waals surface area (Å²) >= 11 is 0. The minimum Gasteiger partial charge on any atom is -0.465 e. The standard InChI is InChI=1S/C16H22N2O3S/c1-5-21-15(19)14(18-22(20)16(2,3)4)10-12-6-8-13(11-17)9-7-12/h6-9,14,18H,5,10H2,1-4H3/t14?,22-/m0/s1. The molecule has 0 aliphatic carbocycles. The van der Waals surface area contributed by atoms with Gasteiger partial charge in [0, 0.05) is 0 Å². The van der Waals surface area contributed by atoms with E-state index in [2.05, 4.69) is 4.72 Å². The molecule has 1 aromatic carbocycles. The maximum atomic E-state index is 12.2. The van der Waals surface area contributed by atoms with Crippen LogP contribution in [0.5, 0.6) is 0 Å². The van der Waals surface area contributed by atoms with E-state index in [-0.39, 0.29) is 6.61 Å². The maximum absolute atomic E-state index is 12.2. The van der Waals surface area contributed by atoms with Crippen LogP contribution >= 0.6 is 0 Å². The second-order valence-electron chi connectivity index (χ2n) is 5.82. The van der Waals surface area contributed by atoms with Crippen molar-refractivity contribution in [1.82, 2.24) is 4.72 Å². The average Bonchev–Trinajstić information content (AvgIpc) is 2.46. The van der Waals surface area contributed by atoms with E-state index < -0.39 is 27.7 Å². The van der Waals surface area contributed by atoms with E-state index >= 15 is 0 Å². The molecule has 0 saturated carbocycles. The third kappa shape index (κ3) is 5.58. The van der Waals surface area contributed by atoms with Gasteiger partial charge in [-0.25, -0.2) is 8.93 Å². The van der Waals surface area contributed by atoms with Crippen LogP contribution in [0.25, 0.3) is 0 Å². The number of carbonyl (C=O) groups excluding carboxylic acids is 1. The van der Waals surface area contributed by atoms with Crippen LogP contribution in [0.3, 0.4) is 0 Å². The lowest BCUT2D eigenvalue weighted by Crippen LogP contribution is -2.45. The van der Waals surface area contributed by atoms with Crippen molar-refractivity contribution < 1.29 is 13.7 Å². The monoisotopic (exact) mass is 322 g/mol. The number of esters is 1. The van der Waals surface area contributed by atoms with Gasteiger partial charge in [-0.05, 0) is 51.8 Å². The number of benzene rings is 1. The van der Waals surface area contributed by atoms with Gasteiger partial charge in [0.05, 0.1) is 34.0 Å². The molecule has 0 fully saturated rings. The first kappa shape index (κ1) is 18.3. The van der Waals surface area contributed by atoms with Crippen molar-refractivity contribution >= 4 is 17.0 Å². The normalized spacial score (nSPS) is 14.0. The number of nitriles is 1. The fourth-order valence-electron chi connectivity index (χ4n) is 1.67. The van der Waals surface area contributed by atoms with Gasteiger partial charge >= 0.3 is 5.97 Å².